The molecule has 1 aliphatic rings. The lowest BCUT2D eigenvalue weighted by Gasteiger charge is -2.30. The third-order valence-corrected chi connectivity index (χ3v) is 5.98. The molecule has 0 aromatic carbocycles. The van der Waals surface area contributed by atoms with Gasteiger partial charge in [0, 0.05) is 5.54 Å². The van der Waals surface area contributed by atoms with Crippen LogP contribution in [0, 0.1) is 5.92 Å². The van der Waals surface area contributed by atoms with Gasteiger partial charge in [0.2, 0.25) is 0 Å². The number of hydrogen-bond acceptors (Lipinski definition) is 3. The van der Waals surface area contributed by atoms with Crippen molar-refractivity contribution >= 4 is 9.84 Å². The molecule has 1 fully saturated rings. The summed E-state index contributed by atoms with van der Waals surface area (Å²) in [4.78, 5) is 0. The third-order valence-electron chi connectivity index (χ3n) is 3.39. The van der Waals surface area contributed by atoms with Crippen LogP contribution in [0.4, 0.5) is 0 Å². The maximum absolute atomic E-state index is 12.2. The van der Waals surface area contributed by atoms with E-state index in [2.05, 4.69) is 6.92 Å². The van der Waals surface area contributed by atoms with Gasteiger partial charge in [0.05, 0.1) is 11.0 Å². The SMILES string of the molecule is CCC1CCCC(S(=O)(=O)CC(C)(C)N)C1. The zero-order chi connectivity index (χ0) is 12.4. The second kappa shape index (κ2) is 5.05. The first kappa shape index (κ1) is 14.0. The van der Waals surface area contributed by atoms with E-state index in [1.165, 1.54) is 6.42 Å². The van der Waals surface area contributed by atoms with E-state index >= 15 is 0 Å². The molecule has 2 atom stereocenters. The number of sulfone groups is 1. The van der Waals surface area contributed by atoms with Gasteiger partial charge in [0.1, 0.15) is 0 Å². The average molecular weight is 247 g/mol. The van der Waals surface area contributed by atoms with Crippen LogP contribution in [0.5, 0.6) is 0 Å². The van der Waals surface area contributed by atoms with Crippen molar-refractivity contribution in [2.45, 2.75) is 63.7 Å². The first-order chi connectivity index (χ1) is 7.24. The fraction of sp³-hybridized carbons (Fsp3) is 1.00. The van der Waals surface area contributed by atoms with Crippen molar-refractivity contribution in [1.29, 1.82) is 0 Å². The van der Waals surface area contributed by atoms with E-state index < -0.39 is 15.4 Å². The van der Waals surface area contributed by atoms with E-state index in [1.54, 1.807) is 13.8 Å². The number of hydrogen-bond donors (Lipinski definition) is 1. The maximum Gasteiger partial charge on any atom is 0.154 e. The highest BCUT2D eigenvalue weighted by Gasteiger charge is 2.33. The van der Waals surface area contributed by atoms with Crippen LogP contribution < -0.4 is 5.73 Å². The molecule has 96 valence electrons. The van der Waals surface area contributed by atoms with Gasteiger partial charge in [-0.25, -0.2) is 8.42 Å². The molecular weight excluding hydrogens is 222 g/mol. The minimum absolute atomic E-state index is 0.112. The van der Waals surface area contributed by atoms with Crippen LogP contribution in [0.15, 0.2) is 0 Å². The summed E-state index contributed by atoms with van der Waals surface area (Å²) in [6.45, 7) is 5.71. The predicted molar refractivity (Wildman–Crippen MR) is 68.1 cm³/mol. The molecular formula is C12H25NO2S. The molecule has 2 N–H and O–H groups in total. The van der Waals surface area contributed by atoms with Crippen molar-refractivity contribution in [2.24, 2.45) is 11.7 Å². The van der Waals surface area contributed by atoms with E-state index in [-0.39, 0.29) is 11.0 Å². The Kier molecular flexibility index (Phi) is 4.41. The van der Waals surface area contributed by atoms with Gasteiger partial charge in [0.15, 0.2) is 9.84 Å². The first-order valence-corrected chi connectivity index (χ1v) is 7.96. The molecule has 2 unspecified atom stereocenters. The molecule has 3 nitrogen and oxygen atoms in total. The van der Waals surface area contributed by atoms with Gasteiger partial charge in [-0.05, 0) is 32.6 Å². The Morgan fingerprint density at radius 3 is 2.44 bits per heavy atom. The van der Waals surface area contributed by atoms with Crippen molar-refractivity contribution in [3.05, 3.63) is 0 Å². The summed E-state index contributed by atoms with van der Waals surface area (Å²) in [6, 6.07) is 0. The van der Waals surface area contributed by atoms with Crippen molar-refractivity contribution in [3.8, 4) is 0 Å². The summed E-state index contributed by atoms with van der Waals surface area (Å²) >= 11 is 0. The summed E-state index contributed by atoms with van der Waals surface area (Å²) in [5.74, 6) is 0.704. The van der Waals surface area contributed by atoms with Crippen LogP contribution in [0.3, 0.4) is 0 Å². The van der Waals surface area contributed by atoms with Crippen molar-refractivity contribution in [3.63, 3.8) is 0 Å². The zero-order valence-corrected chi connectivity index (χ0v) is 11.5. The fourth-order valence-corrected chi connectivity index (χ4v) is 4.94. The van der Waals surface area contributed by atoms with Gasteiger partial charge >= 0.3 is 0 Å². The van der Waals surface area contributed by atoms with Gasteiger partial charge in [-0.1, -0.05) is 26.2 Å². The summed E-state index contributed by atoms with van der Waals surface area (Å²) in [6.07, 6.45) is 5.00. The van der Waals surface area contributed by atoms with E-state index in [1.807, 2.05) is 0 Å². The van der Waals surface area contributed by atoms with Crippen molar-refractivity contribution in [1.82, 2.24) is 0 Å². The lowest BCUT2D eigenvalue weighted by atomic mass is 9.87. The van der Waals surface area contributed by atoms with Gasteiger partial charge in [-0.2, -0.15) is 0 Å². The maximum atomic E-state index is 12.2. The topological polar surface area (TPSA) is 60.2 Å². The molecule has 0 amide bonds. The van der Waals surface area contributed by atoms with Crippen LogP contribution in [-0.4, -0.2) is 25.0 Å². The van der Waals surface area contributed by atoms with Gasteiger partial charge in [-0.3, -0.25) is 0 Å². The molecule has 4 heteroatoms. The van der Waals surface area contributed by atoms with E-state index in [0.717, 1.165) is 25.7 Å². The third kappa shape index (κ3) is 4.06. The highest BCUT2D eigenvalue weighted by atomic mass is 32.2. The van der Waals surface area contributed by atoms with Gasteiger partial charge < -0.3 is 5.73 Å². The van der Waals surface area contributed by atoms with Crippen LogP contribution in [0.1, 0.15) is 52.9 Å². The second-order valence-corrected chi connectivity index (χ2v) is 8.14. The Labute approximate surface area is 99.7 Å². The zero-order valence-electron chi connectivity index (χ0n) is 10.7. The molecule has 0 radical (unpaired) electrons. The van der Waals surface area contributed by atoms with E-state index in [4.69, 9.17) is 5.73 Å². The first-order valence-electron chi connectivity index (χ1n) is 6.25. The quantitative estimate of drug-likeness (QED) is 0.827. The van der Waals surface area contributed by atoms with Crippen LogP contribution in [0.25, 0.3) is 0 Å². The van der Waals surface area contributed by atoms with Crippen LogP contribution in [0.2, 0.25) is 0 Å². The summed E-state index contributed by atoms with van der Waals surface area (Å²) < 4.78 is 24.4. The molecule has 1 rings (SSSR count). The normalized spacial score (nSPS) is 28.0. The Morgan fingerprint density at radius 1 is 1.31 bits per heavy atom. The minimum Gasteiger partial charge on any atom is -0.325 e. The molecule has 0 spiro atoms. The molecule has 1 saturated carbocycles. The Morgan fingerprint density at radius 2 is 1.94 bits per heavy atom. The minimum atomic E-state index is -3.01. The van der Waals surface area contributed by atoms with Gasteiger partial charge in [0.25, 0.3) is 0 Å². The Bertz CT molecular complexity index is 316. The van der Waals surface area contributed by atoms with Crippen LogP contribution in [-0.2, 0) is 9.84 Å². The standard InChI is InChI=1S/C12H25NO2S/c1-4-10-6-5-7-11(8-10)16(14,15)9-12(2,3)13/h10-11H,4-9,13H2,1-3H3. The molecule has 0 aliphatic heterocycles. The smallest absolute Gasteiger partial charge is 0.154 e. The molecule has 0 heterocycles. The fourth-order valence-electron chi connectivity index (χ4n) is 2.58. The lowest BCUT2D eigenvalue weighted by Crippen LogP contribution is -2.44. The Balaban J connectivity index is 2.68. The average Bonchev–Trinajstić information content (AvgIpc) is 2.14. The molecule has 16 heavy (non-hydrogen) atoms. The highest BCUT2D eigenvalue weighted by Crippen LogP contribution is 2.31. The molecule has 1 aliphatic carbocycles. The second-order valence-electron chi connectivity index (χ2n) is 5.86. The molecule has 0 bridgehead atoms. The Hall–Kier alpha value is -0.0900. The van der Waals surface area contributed by atoms with E-state index in [0.29, 0.717) is 5.92 Å². The summed E-state index contributed by atoms with van der Waals surface area (Å²) in [5, 5.41) is -0.144. The van der Waals surface area contributed by atoms with E-state index in [9.17, 15) is 8.42 Å². The largest absolute Gasteiger partial charge is 0.325 e. The monoisotopic (exact) mass is 247 g/mol. The molecule has 0 aromatic heterocycles. The molecule has 0 saturated heterocycles. The van der Waals surface area contributed by atoms with Crippen LogP contribution >= 0.6 is 0 Å². The number of rotatable bonds is 4. The lowest BCUT2D eigenvalue weighted by molar-refractivity contribution is 0.347. The summed E-state index contributed by atoms with van der Waals surface area (Å²) in [7, 11) is -3.01. The summed E-state index contributed by atoms with van der Waals surface area (Å²) in [5.41, 5.74) is 5.20. The number of nitrogens with two attached hydrogens (primary N) is 1. The van der Waals surface area contributed by atoms with Crippen molar-refractivity contribution < 1.29 is 8.42 Å². The van der Waals surface area contributed by atoms with Crippen molar-refractivity contribution in [2.75, 3.05) is 5.75 Å². The predicted octanol–water partition coefficient (Wildman–Crippen LogP) is 2.11. The van der Waals surface area contributed by atoms with Gasteiger partial charge in [-0.15, -0.1) is 0 Å². The highest BCUT2D eigenvalue weighted by molar-refractivity contribution is 7.92. The molecule has 0 aromatic rings.